The predicted octanol–water partition coefficient (Wildman–Crippen LogP) is 5.05. The van der Waals surface area contributed by atoms with Crippen LogP contribution in [0.15, 0.2) is 65.6 Å². The zero-order valence-electron chi connectivity index (χ0n) is 15.7. The molecule has 29 heavy (non-hydrogen) atoms. The number of carbonyl (C=O) groups is 1. The van der Waals surface area contributed by atoms with Gasteiger partial charge in [-0.1, -0.05) is 42.0 Å². The van der Waals surface area contributed by atoms with E-state index in [0.717, 1.165) is 5.56 Å². The van der Waals surface area contributed by atoms with Crippen molar-refractivity contribution in [1.82, 2.24) is 0 Å². The van der Waals surface area contributed by atoms with Gasteiger partial charge in [-0.3, -0.25) is 4.79 Å². The second-order valence-corrected chi connectivity index (χ2v) is 7.16. The van der Waals surface area contributed by atoms with Gasteiger partial charge in [-0.2, -0.15) is 10.5 Å². The number of benzene rings is 2. The number of ether oxygens (including phenoxy) is 1. The molecular weight excluding hydrogens is 382 g/mol. The first kappa shape index (κ1) is 19.9. The maximum Gasteiger partial charge on any atom is 0.266 e. The number of nitrogens with one attached hydrogen (secondary N) is 1. The van der Waals surface area contributed by atoms with E-state index in [2.05, 4.69) is 11.4 Å². The highest BCUT2D eigenvalue weighted by molar-refractivity contribution is 7.14. The Morgan fingerprint density at radius 1 is 1.17 bits per heavy atom. The lowest BCUT2D eigenvalue weighted by Gasteiger charge is -2.07. The Morgan fingerprint density at radius 2 is 1.97 bits per heavy atom. The van der Waals surface area contributed by atoms with Gasteiger partial charge in [-0.15, -0.1) is 11.3 Å². The number of carbonyl (C=O) groups excluding carboxylic acids is 1. The molecule has 0 aliphatic rings. The first-order valence-corrected chi connectivity index (χ1v) is 9.66. The minimum absolute atomic E-state index is 0.0456. The Hall–Kier alpha value is -3.87. The Morgan fingerprint density at radius 3 is 2.66 bits per heavy atom. The van der Waals surface area contributed by atoms with Gasteiger partial charge in [0, 0.05) is 0 Å². The smallest absolute Gasteiger partial charge is 0.266 e. The number of thiophene rings is 1. The van der Waals surface area contributed by atoms with Crippen LogP contribution >= 0.6 is 11.3 Å². The molecule has 1 N–H and O–H groups in total. The summed E-state index contributed by atoms with van der Waals surface area (Å²) in [7, 11) is 0. The molecule has 5 nitrogen and oxygen atoms in total. The SMILES string of the molecule is Cc1cccc(COc2ccc(/C=C(\C#N)C(=O)Nc3sccc3C#N)cc2)c1. The largest absolute Gasteiger partial charge is 0.489 e. The standard InChI is InChI=1S/C23H17N3O2S/c1-16-3-2-4-18(11-16)15-28-21-7-5-17(6-8-21)12-20(14-25)22(27)26-23-19(13-24)9-10-29-23/h2-12H,15H2,1H3,(H,26,27)/b20-12+. The summed E-state index contributed by atoms with van der Waals surface area (Å²) in [6, 6.07) is 20.8. The van der Waals surface area contributed by atoms with E-state index in [4.69, 9.17) is 10.00 Å². The third-order valence-electron chi connectivity index (χ3n) is 4.06. The number of anilines is 1. The summed E-state index contributed by atoms with van der Waals surface area (Å²) in [6.07, 6.45) is 1.50. The van der Waals surface area contributed by atoms with E-state index in [-0.39, 0.29) is 5.57 Å². The van der Waals surface area contributed by atoms with Crippen molar-refractivity contribution in [2.75, 3.05) is 5.32 Å². The maximum absolute atomic E-state index is 12.3. The first-order valence-electron chi connectivity index (χ1n) is 8.78. The highest BCUT2D eigenvalue weighted by Crippen LogP contribution is 2.23. The average Bonchev–Trinajstić information content (AvgIpc) is 3.18. The fourth-order valence-corrected chi connectivity index (χ4v) is 3.34. The van der Waals surface area contributed by atoms with Crippen molar-refractivity contribution in [3.8, 4) is 17.9 Å². The molecule has 0 bridgehead atoms. The van der Waals surface area contributed by atoms with Crippen molar-refractivity contribution in [2.24, 2.45) is 0 Å². The molecule has 0 saturated carbocycles. The Kier molecular flexibility index (Phi) is 6.42. The lowest BCUT2D eigenvalue weighted by Crippen LogP contribution is -2.13. The van der Waals surface area contributed by atoms with Crippen LogP contribution in [0.3, 0.4) is 0 Å². The molecule has 0 saturated heterocycles. The second-order valence-electron chi connectivity index (χ2n) is 6.25. The number of hydrogen-bond donors (Lipinski definition) is 1. The maximum atomic E-state index is 12.3. The van der Waals surface area contributed by atoms with Crippen LogP contribution in [0.25, 0.3) is 6.08 Å². The summed E-state index contributed by atoms with van der Waals surface area (Å²) in [5.74, 6) is 0.148. The van der Waals surface area contributed by atoms with Crippen LogP contribution in [0.4, 0.5) is 5.00 Å². The third kappa shape index (κ3) is 5.32. The predicted molar refractivity (Wildman–Crippen MR) is 113 cm³/mol. The first-order chi connectivity index (χ1) is 14.1. The van der Waals surface area contributed by atoms with Gasteiger partial charge in [0.2, 0.25) is 0 Å². The molecule has 0 aliphatic heterocycles. The average molecular weight is 399 g/mol. The molecule has 2 aromatic carbocycles. The van der Waals surface area contributed by atoms with Crippen LogP contribution in [0, 0.1) is 29.6 Å². The second kappa shape index (κ2) is 9.36. The molecular formula is C23H17N3O2S. The molecule has 6 heteroatoms. The van der Waals surface area contributed by atoms with E-state index < -0.39 is 5.91 Å². The number of amides is 1. The van der Waals surface area contributed by atoms with Crippen LogP contribution in [0.5, 0.6) is 5.75 Å². The molecule has 1 amide bonds. The highest BCUT2D eigenvalue weighted by atomic mass is 32.1. The molecule has 0 radical (unpaired) electrons. The summed E-state index contributed by atoms with van der Waals surface area (Å²) in [5, 5.41) is 23.1. The fraction of sp³-hybridized carbons (Fsp3) is 0.0870. The zero-order valence-corrected chi connectivity index (χ0v) is 16.5. The van der Waals surface area contributed by atoms with E-state index in [1.54, 1.807) is 35.7 Å². The van der Waals surface area contributed by atoms with Crippen molar-refractivity contribution in [1.29, 1.82) is 10.5 Å². The van der Waals surface area contributed by atoms with Gasteiger partial charge in [-0.05, 0) is 47.7 Å². The lowest BCUT2D eigenvalue weighted by atomic mass is 10.1. The molecule has 0 aliphatic carbocycles. The van der Waals surface area contributed by atoms with E-state index in [1.807, 2.05) is 37.3 Å². The van der Waals surface area contributed by atoms with E-state index in [1.165, 1.54) is 23.0 Å². The zero-order chi connectivity index (χ0) is 20.6. The third-order valence-corrected chi connectivity index (χ3v) is 4.89. The molecule has 0 unspecified atom stereocenters. The van der Waals surface area contributed by atoms with Gasteiger partial charge in [0.15, 0.2) is 0 Å². The van der Waals surface area contributed by atoms with Crippen LogP contribution in [0.2, 0.25) is 0 Å². The van der Waals surface area contributed by atoms with Gasteiger partial charge < -0.3 is 10.1 Å². The van der Waals surface area contributed by atoms with E-state index in [0.29, 0.717) is 28.5 Å². The molecule has 3 aromatic rings. The fourth-order valence-electron chi connectivity index (χ4n) is 2.61. The number of nitrogens with zero attached hydrogens (tertiary/aromatic N) is 2. The van der Waals surface area contributed by atoms with Crippen LogP contribution in [0.1, 0.15) is 22.3 Å². The van der Waals surface area contributed by atoms with Crippen molar-refractivity contribution in [3.63, 3.8) is 0 Å². The number of hydrogen-bond acceptors (Lipinski definition) is 5. The summed E-state index contributed by atoms with van der Waals surface area (Å²) in [4.78, 5) is 12.3. The van der Waals surface area contributed by atoms with Gasteiger partial charge in [0.1, 0.15) is 35.1 Å². The quantitative estimate of drug-likeness (QED) is 0.464. The molecule has 0 atom stereocenters. The molecule has 0 fully saturated rings. The molecule has 1 aromatic heterocycles. The van der Waals surface area contributed by atoms with Crippen LogP contribution in [-0.4, -0.2) is 5.91 Å². The summed E-state index contributed by atoms with van der Waals surface area (Å²) in [5.41, 5.74) is 3.29. The minimum Gasteiger partial charge on any atom is -0.489 e. The van der Waals surface area contributed by atoms with Crippen molar-refractivity contribution < 1.29 is 9.53 Å². The molecule has 142 valence electrons. The summed E-state index contributed by atoms with van der Waals surface area (Å²) >= 11 is 1.24. The number of nitriles is 2. The van der Waals surface area contributed by atoms with Gasteiger partial charge >= 0.3 is 0 Å². The topological polar surface area (TPSA) is 85.9 Å². The van der Waals surface area contributed by atoms with Crippen molar-refractivity contribution >= 4 is 28.3 Å². The monoisotopic (exact) mass is 399 g/mol. The van der Waals surface area contributed by atoms with Gasteiger partial charge in [0.05, 0.1) is 5.56 Å². The van der Waals surface area contributed by atoms with Gasteiger partial charge in [0.25, 0.3) is 5.91 Å². The van der Waals surface area contributed by atoms with Gasteiger partial charge in [-0.25, -0.2) is 0 Å². The lowest BCUT2D eigenvalue weighted by molar-refractivity contribution is -0.112. The summed E-state index contributed by atoms with van der Waals surface area (Å²) in [6.45, 7) is 2.50. The van der Waals surface area contributed by atoms with Crippen LogP contribution in [-0.2, 0) is 11.4 Å². The van der Waals surface area contributed by atoms with Crippen molar-refractivity contribution in [2.45, 2.75) is 13.5 Å². The summed E-state index contributed by atoms with van der Waals surface area (Å²) < 4.78 is 5.78. The Balaban J connectivity index is 1.66. The Labute approximate surface area is 173 Å². The molecule has 1 heterocycles. The normalized spacial score (nSPS) is 10.7. The molecule has 3 rings (SSSR count). The Bertz CT molecular complexity index is 1130. The van der Waals surface area contributed by atoms with Crippen molar-refractivity contribution in [3.05, 3.63) is 87.8 Å². The highest BCUT2D eigenvalue weighted by Gasteiger charge is 2.13. The van der Waals surface area contributed by atoms with Crippen LogP contribution < -0.4 is 10.1 Å². The minimum atomic E-state index is -0.550. The van der Waals surface area contributed by atoms with E-state index >= 15 is 0 Å². The molecule has 0 spiro atoms. The van der Waals surface area contributed by atoms with E-state index in [9.17, 15) is 10.1 Å². The number of rotatable bonds is 6. The number of aryl methyl sites for hydroxylation is 1.